The SMILES string of the molecule is C(#CC1CC1)C1=C(CN2CCOCC2)NC(c2nccs2)=NC1.Fc1cccc(Br)c1. The molecule has 2 fully saturated rings. The van der Waals surface area contributed by atoms with E-state index in [1.165, 1.54) is 30.7 Å². The fourth-order valence-corrected chi connectivity index (χ4v) is 4.05. The first-order chi connectivity index (χ1) is 15.2. The summed E-state index contributed by atoms with van der Waals surface area (Å²) in [6, 6.07) is 6.26. The lowest BCUT2D eigenvalue weighted by Crippen LogP contribution is -2.42. The summed E-state index contributed by atoms with van der Waals surface area (Å²) in [5.41, 5.74) is 2.31. The van der Waals surface area contributed by atoms with E-state index < -0.39 is 0 Å². The molecule has 3 aliphatic rings. The zero-order chi connectivity index (χ0) is 21.5. The maximum atomic E-state index is 12.1. The van der Waals surface area contributed by atoms with Gasteiger partial charge in [0, 0.05) is 52.9 Å². The van der Waals surface area contributed by atoms with Crippen LogP contribution in [0.1, 0.15) is 17.8 Å². The van der Waals surface area contributed by atoms with Gasteiger partial charge in [-0.15, -0.1) is 11.3 Å². The predicted molar refractivity (Wildman–Crippen MR) is 126 cm³/mol. The molecule has 1 aliphatic carbocycles. The Kier molecular flexibility index (Phi) is 7.86. The minimum absolute atomic E-state index is 0.209. The monoisotopic (exact) mass is 502 g/mol. The second-order valence-electron chi connectivity index (χ2n) is 7.46. The minimum atomic E-state index is -0.209. The zero-order valence-electron chi connectivity index (χ0n) is 17.1. The lowest BCUT2D eigenvalue weighted by Gasteiger charge is -2.29. The number of aliphatic imine (C=N–C) groups is 1. The summed E-state index contributed by atoms with van der Waals surface area (Å²) in [4.78, 5) is 11.4. The Balaban J connectivity index is 0.000000245. The number of ether oxygens (including phenoxy) is 1. The number of nitrogens with zero attached hydrogens (tertiary/aromatic N) is 3. The van der Waals surface area contributed by atoms with Crippen LogP contribution >= 0.6 is 27.3 Å². The molecule has 8 heteroatoms. The van der Waals surface area contributed by atoms with Crippen LogP contribution in [0.15, 0.2) is 56.6 Å². The van der Waals surface area contributed by atoms with Gasteiger partial charge in [0.2, 0.25) is 0 Å². The van der Waals surface area contributed by atoms with Crippen molar-refractivity contribution < 1.29 is 9.13 Å². The minimum Gasteiger partial charge on any atom is -0.379 e. The van der Waals surface area contributed by atoms with E-state index in [0.717, 1.165) is 53.7 Å². The molecule has 5 nitrogen and oxygen atoms in total. The number of hydrogen-bond acceptors (Lipinski definition) is 6. The fourth-order valence-electron chi connectivity index (χ4n) is 3.08. The molecule has 162 valence electrons. The van der Waals surface area contributed by atoms with Crippen molar-refractivity contribution >= 4 is 33.1 Å². The van der Waals surface area contributed by atoms with Gasteiger partial charge in [-0.2, -0.15) is 0 Å². The molecule has 1 aromatic heterocycles. The molecule has 1 saturated carbocycles. The highest BCUT2D eigenvalue weighted by molar-refractivity contribution is 9.10. The summed E-state index contributed by atoms with van der Waals surface area (Å²) in [6.07, 6.45) is 4.32. The number of amidine groups is 1. The van der Waals surface area contributed by atoms with Crippen molar-refractivity contribution in [3.8, 4) is 11.8 Å². The third-order valence-corrected chi connectivity index (χ3v) is 6.21. The van der Waals surface area contributed by atoms with Crippen molar-refractivity contribution in [2.75, 3.05) is 39.4 Å². The fraction of sp³-hybridized carbons (Fsp3) is 0.391. The van der Waals surface area contributed by atoms with Crippen LogP contribution in [-0.2, 0) is 4.74 Å². The van der Waals surface area contributed by atoms with Gasteiger partial charge in [-0.3, -0.25) is 9.89 Å². The molecule has 3 heterocycles. The number of benzene rings is 1. The summed E-state index contributed by atoms with van der Waals surface area (Å²) >= 11 is 4.73. The summed E-state index contributed by atoms with van der Waals surface area (Å²) in [7, 11) is 0. The van der Waals surface area contributed by atoms with Gasteiger partial charge in [0.05, 0.1) is 19.8 Å². The van der Waals surface area contributed by atoms with Gasteiger partial charge >= 0.3 is 0 Å². The molecule has 0 atom stereocenters. The maximum Gasteiger partial charge on any atom is 0.162 e. The normalized spacial score (nSPS) is 18.8. The molecule has 2 aliphatic heterocycles. The lowest BCUT2D eigenvalue weighted by molar-refractivity contribution is 0.0418. The molecule has 1 saturated heterocycles. The Morgan fingerprint density at radius 3 is 2.77 bits per heavy atom. The molecule has 0 unspecified atom stereocenters. The van der Waals surface area contributed by atoms with Crippen molar-refractivity contribution in [1.82, 2.24) is 15.2 Å². The lowest BCUT2D eigenvalue weighted by atomic mass is 10.1. The first-order valence-corrected chi connectivity index (χ1v) is 12.0. The van der Waals surface area contributed by atoms with Gasteiger partial charge in [-0.05, 0) is 31.0 Å². The second-order valence-corrected chi connectivity index (χ2v) is 9.27. The standard InChI is InChI=1S/C17H20N4OS.C6H4BrF/c1-2-13(1)3-4-14-11-19-16(17-18-5-10-23-17)20-15(14)12-21-6-8-22-9-7-21;7-5-2-1-3-6(8)4-5/h5,10,13H,1-2,6-9,11-12H2,(H,19,20);1-4H. The number of morpholine rings is 1. The summed E-state index contributed by atoms with van der Waals surface area (Å²) in [5.74, 6) is 8.02. The van der Waals surface area contributed by atoms with Crippen LogP contribution in [0.3, 0.4) is 0 Å². The van der Waals surface area contributed by atoms with Crippen LogP contribution < -0.4 is 5.32 Å². The molecule has 0 bridgehead atoms. The number of halogens is 2. The smallest absolute Gasteiger partial charge is 0.162 e. The number of aromatic nitrogens is 1. The van der Waals surface area contributed by atoms with Crippen LogP contribution in [0.4, 0.5) is 4.39 Å². The van der Waals surface area contributed by atoms with Gasteiger partial charge in [0.25, 0.3) is 0 Å². The van der Waals surface area contributed by atoms with Gasteiger partial charge < -0.3 is 10.1 Å². The van der Waals surface area contributed by atoms with E-state index in [1.807, 2.05) is 11.6 Å². The van der Waals surface area contributed by atoms with Crippen molar-refractivity contribution in [3.63, 3.8) is 0 Å². The third kappa shape index (κ3) is 6.97. The average molecular weight is 503 g/mol. The molecule has 1 N–H and O–H groups in total. The van der Waals surface area contributed by atoms with Crippen molar-refractivity contribution in [3.05, 3.63) is 62.4 Å². The Morgan fingerprint density at radius 2 is 2.13 bits per heavy atom. The van der Waals surface area contributed by atoms with E-state index in [2.05, 4.69) is 48.0 Å². The van der Waals surface area contributed by atoms with E-state index in [1.54, 1.807) is 23.5 Å². The highest BCUT2D eigenvalue weighted by atomic mass is 79.9. The quantitative estimate of drug-likeness (QED) is 0.642. The van der Waals surface area contributed by atoms with Crippen LogP contribution in [0.25, 0.3) is 0 Å². The molecular weight excluding hydrogens is 479 g/mol. The summed E-state index contributed by atoms with van der Waals surface area (Å²) in [5, 5.41) is 6.41. The van der Waals surface area contributed by atoms with Crippen LogP contribution in [0.5, 0.6) is 0 Å². The Hall–Kier alpha value is -2.05. The van der Waals surface area contributed by atoms with E-state index in [4.69, 9.17) is 4.74 Å². The number of thiazole rings is 1. The summed E-state index contributed by atoms with van der Waals surface area (Å²) in [6.45, 7) is 5.09. The first kappa shape index (κ1) is 22.2. The Labute approximate surface area is 194 Å². The molecule has 0 spiro atoms. The largest absolute Gasteiger partial charge is 0.379 e. The molecule has 0 amide bonds. The van der Waals surface area contributed by atoms with Crippen LogP contribution in [0.2, 0.25) is 0 Å². The van der Waals surface area contributed by atoms with Gasteiger partial charge in [0.15, 0.2) is 10.8 Å². The van der Waals surface area contributed by atoms with Crippen molar-refractivity contribution in [2.24, 2.45) is 10.9 Å². The molecule has 1 aromatic carbocycles. The molecule has 2 aromatic rings. The number of hydrogen-bond donors (Lipinski definition) is 1. The molecule has 0 radical (unpaired) electrons. The third-order valence-electron chi connectivity index (χ3n) is 4.94. The molecular formula is C23H24BrFN4OS. The van der Waals surface area contributed by atoms with Gasteiger partial charge in [-0.1, -0.05) is 33.8 Å². The van der Waals surface area contributed by atoms with Gasteiger partial charge in [0.1, 0.15) is 5.82 Å². The Bertz CT molecular complexity index is 985. The van der Waals surface area contributed by atoms with E-state index >= 15 is 0 Å². The highest BCUT2D eigenvalue weighted by Crippen LogP contribution is 2.28. The number of nitrogens with one attached hydrogen (secondary N) is 1. The molecule has 5 rings (SSSR count). The van der Waals surface area contributed by atoms with Crippen molar-refractivity contribution in [1.29, 1.82) is 0 Å². The van der Waals surface area contributed by atoms with E-state index in [-0.39, 0.29) is 5.82 Å². The van der Waals surface area contributed by atoms with E-state index in [9.17, 15) is 4.39 Å². The average Bonchev–Trinajstić information content (AvgIpc) is 3.44. The predicted octanol–water partition coefficient (Wildman–Crippen LogP) is 4.08. The molecule has 31 heavy (non-hydrogen) atoms. The van der Waals surface area contributed by atoms with Crippen LogP contribution in [0, 0.1) is 23.6 Å². The second kappa shape index (κ2) is 11.0. The zero-order valence-corrected chi connectivity index (χ0v) is 19.5. The highest BCUT2D eigenvalue weighted by Gasteiger charge is 2.22. The van der Waals surface area contributed by atoms with Crippen molar-refractivity contribution in [2.45, 2.75) is 12.8 Å². The van der Waals surface area contributed by atoms with Crippen LogP contribution in [-0.4, -0.2) is 55.1 Å². The summed E-state index contributed by atoms with van der Waals surface area (Å²) < 4.78 is 18.4. The van der Waals surface area contributed by atoms with Gasteiger partial charge in [-0.25, -0.2) is 9.37 Å². The first-order valence-electron chi connectivity index (χ1n) is 10.3. The Morgan fingerprint density at radius 1 is 1.29 bits per heavy atom. The maximum absolute atomic E-state index is 12.1. The number of rotatable bonds is 3. The topological polar surface area (TPSA) is 49.8 Å². The van der Waals surface area contributed by atoms with E-state index in [0.29, 0.717) is 12.5 Å².